The lowest BCUT2D eigenvalue weighted by molar-refractivity contribution is -0.173. The summed E-state index contributed by atoms with van der Waals surface area (Å²) in [6, 6.07) is 1.95. The van der Waals surface area contributed by atoms with Crippen molar-refractivity contribution in [3.8, 4) is 6.07 Å². The molecule has 1 unspecified atom stereocenters. The highest BCUT2D eigenvalue weighted by Crippen LogP contribution is 2.53. The predicted octanol–water partition coefficient (Wildman–Crippen LogP) is 3.37. The summed E-state index contributed by atoms with van der Waals surface area (Å²) in [5, 5.41) is 10.5. The summed E-state index contributed by atoms with van der Waals surface area (Å²) in [6.45, 7) is 7.38. The lowest BCUT2D eigenvalue weighted by Crippen LogP contribution is -2.38. The third kappa shape index (κ3) is 7.36. The van der Waals surface area contributed by atoms with Crippen LogP contribution < -0.4 is 5.32 Å². The lowest BCUT2D eigenvalue weighted by atomic mass is 10.3. The van der Waals surface area contributed by atoms with Gasteiger partial charge in [-0.1, -0.05) is 0 Å². The van der Waals surface area contributed by atoms with Gasteiger partial charge in [0.2, 0.25) is 0 Å². The maximum absolute atomic E-state index is 13.2. The average molecular weight is 355 g/mol. The van der Waals surface area contributed by atoms with E-state index in [1.807, 2.05) is 38.4 Å². The first-order valence-electron chi connectivity index (χ1n) is 7.54. The van der Waals surface area contributed by atoms with Crippen molar-refractivity contribution < 1.29 is 22.5 Å². The molecule has 0 heterocycles. The van der Waals surface area contributed by atoms with Crippen LogP contribution in [0.3, 0.4) is 0 Å². The molecule has 134 valence electrons. The van der Waals surface area contributed by atoms with Crippen molar-refractivity contribution in [2.45, 2.75) is 58.8 Å². The highest BCUT2D eigenvalue weighted by molar-refractivity contribution is 7.61. The normalized spacial score (nSPS) is 14.8. The van der Waals surface area contributed by atoms with Gasteiger partial charge in [0.15, 0.2) is 7.29 Å². The van der Waals surface area contributed by atoms with Gasteiger partial charge >= 0.3 is 12.1 Å². The number of carbonyl (C=O) groups excluding carboxylic acids is 1. The molecule has 0 saturated carbocycles. The number of alkyl halides is 3. The molecule has 1 amide bonds. The Morgan fingerprint density at radius 2 is 1.74 bits per heavy atom. The summed E-state index contributed by atoms with van der Waals surface area (Å²) in [5.41, 5.74) is 0. The summed E-state index contributed by atoms with van der Waals surface area (Å²) < 4.78 is 51.4. The molecule has 23 heavy (non-hydrogen) atoms. The van der Waals surface area contributed by atoms with Crippen LogP contribution in [0.1, 0.15) is 40.5 Å². The van der Waals surface area contributed by atoms with Gasteiger partial charge in [-0.25, -0.2) is 4.67 Å². The van der Waals surface area contributed by atoms with Crippen LogP contribution in [0.2, 0.25) is 0 Å². The van der Waals surface area contributed by atoms with E-state index in [9.17, 15) is 22.5 Å². The van der Waals surface area contributed by atoms with Crippen molar-refractivity contribution >= 4 is 13.2 Å². The Morgan fingerprint density at radius 3 is 2.13 bits per heavy atom. The molecule has 0 aliphatic heterocycles. The monoisotopic (exact) mass is 355 g/mol. The Kier molecular flexibility index (Phi) is 8.86. The zero-order valence-electron chi connectivity index (χ0n) is 14.0. The van der Waals surface area contributed by atoms with E-state index in [4.69, 9.17) is 5.26 Å². The third-order valence-corrected chi connectivity index (χ3v) is 6.98. The summed E-state index contributed by atoms with van der Waals surface area (Å²) >= 11 is 0. The number of hydrogen-bond donors (Lipinski definition) is 1. The van der Waals surface area contributed by atoms with Gasteiger partial charge in [0.05, 0.1) is 6.07 Å². The van der Waals surface area contributed by atoms with Gasteiger partial charge in [-0.3, -0.25) is 4.79 Å². The van der Waals surface area contributed by atoms with Crippen LogP contribution in [0.25, 0.3) is 0 Å². The number of nitrogens with one attached hydrogen (secondary N) is 1. The number of nitriles is 1. The minimum absolute atomic E-state index is 0.00991. The Morgan fingerprint density at radius 1 is 1.22 bits per heavy atom. The van der Waals surface area contributed by atoms with E-state index < -0.39 is 19.4 Å². The minimum Gasteiger partial charge on any atom is -0.348 e. The number of hydrogen-bond acceptors (Lipinski definition) is 3. The molecule has 0 aliphatic rings. The molecular weight excluding hydrogens is 330 g/mol. The van der Waals surface area contributed by atoms with Crippen LogP contribution in [0.15, 0.2) is 0 Å². The fraction of sp³-hybridized carbons (Fsp3) is 0.857. The van der Waals surface area contributed by atoms with E-state index in [1.165, 1.54) is 0 Å². The first-order valence-corrected chi connectivity index (χ1v) is 9.57. The van der Waals surface area contributed by atoms with E-state index >= 15 is 0 Å². The van der Waals surface area contributed by atoms with Crippen molar-refractivity contribution in [3.05, 3.63) is 0 Å². The second kappa shape index (κ2) is 9.29. The molecule has 0 rings (SSSR count). The molecule has 0 aromatic carbocycles. The maximum Gasteiger partial charge on any atom is 0.471 e. The average Bonchev–Trinajstić information content (AvgIpc) is 2.39. The van der Waals surface area contributed by atoms with Crippen molar-refractivity contribution in [1.29, 1.82) is 5.26 Å². The number of amides is 1. The first-order chi connectivity index (χ1) is 10.5. The molecule has 1 N–H and O–H groups in total. The first kappa shape index (κ1) is 21.9. The third-order valence-electron chi connectivity index (χ3n) is 3.28. The van der Waals surface area contributed by atoms with Crippen LogP contribution in [-0.4, -0.2) is 47.7 Å². The highest BCUT2D eigenvalue weighted by atomic mass is 31.2. The van der Waals surface area contributed by atoms with Crippen LogP contribution in [0.4, 0.5) is 13.2 Å². The molecule has 0 fully saturated rings. The summed E-state index contributed by atoms with van der Waals surface area (Å²) in [6.07, 6.45) is -4.24. The SMILES string of the molecule is CC(C)N(C(C)C)P(=O)(CCC#N)CCCNC(=O)C(F)(F)F. The Labute approximate surface area is 135 Å². The fourth-order valence-electron chi connectivity index (χ4n) is 2.63. The van der Waals surface area contributed by atoms with Gasteiger partial charge in [0.25, 0.3) is 0 Å². The van der Waals surface area contributed by atoms with Crippen molar-refractivity contribution in [3.63, 3.8) is 0 Å². The molecule has 0 aromatic heterocycles. The summed E-state index contributed by atoms with van der Waals surface area (Å²) in [4.78, 5) is 10.8. The Bertz CT molecular complexity index is 465. The van der Waals surface area contributed by atoms with Gasteiger partial charge < -0.3 is 9.88 Å². The van der Waals surface area contributed by atoms with Gasteiger partial charge in [-0.05, 0) is 34.1 Å². The van der Waals surface area contributed by atoms with E-state index in [0.717, 1.165) is 0 Å². The zero-order valence-corrected chi connectivity index (χ0v) is 14.9. The molecule has 0 spiro atoms. The Hall–Kier alpha value is -1.06. The molecule has 0 bridgehead atoms. The van der Waals surface area contributed by atoms with Crippen molar-refractivity contribution in [2.75, 3.05) is 18.9 Å². The van der Waals surface area contributed by atoms with Gasteiger partial charge in [0.1, 0.15) is 0 Å². The smallest absolute Gasteiger partial charge is 0.348 e. The number of nitrogens with zero attached hydrogens (tertiary/aromatic N) is 2. The summed E-state index contributed by atoms with van der Waals surface area (Å²) in [5.74, 6) is -1.99. The zero-order chi connectivity index (χ0) is 18.3. The fourth-order valence-corrected chi connectivity index (χ4v) is 6.10. The largest absolute Gasteiger partial charge is 0.471 e. The predicted molar refractivity (Wildman–Crippen MR) is 83.4 cm³/mol. The molecule has 0 aromatic rings. The molecule has 9 heteroatoms. The molecule has 1 atom stereocenters. The van der Waals surface area contributed by atoms with E-state index in [0.29, 0.717) is 0 Å². The van der Waals surface area contributed by atoms with Gasteiger partial charge in [0, 0.05) is 37.4 Å². The minimum atomic E-state index is -4.91. The van der Waals surface area contributed by atoms with Crippen LogP contribution in [0, 0.1) is 11.3 Å². The number of carbonyl (C=O) groups is 1. The molecule has 5 nitrogen and oxygen atoms in total. The lowest BCUT2D eigenvalue weighted by Gasteiger charge is -2.38. The number of rotatable bonds is 9. The quantitative estimate of drug-likeness (QED) is 0.508. The van der Waals surface area contributed by atoms with Crippen molar-refractivity contribution in [2.24, 2.45) is 0 Å². The van der Waals surface area contributed by atoms with Crippen LogP contribution in [-0.2, 0) is 9.36 Å². The molecule has 0 aliphatic carbocycles. The Balaban J connectivity index is 4.83. The summed E-state index contributed by atoms with van der Waals surface area (Å²) in [7, 11) is -2.88. The maximum atomic E-state index is 13.2. The van der Waals surface area contributed by atoms with Crippen LogP contribution in [0.5, 0.6) is 0 Å². The second-order valence-corrected chi connectivity index (χ2v) is 8.93. The standard InChI is InChI=1S/C14H25F3N3O2P/c1-11(2)20(12(3)4)23(22,9-5-7-18)10-6-8-19-13(21)14(15,16)17/h11-12H,5-6,8-10H2,1-4H3,(H,19,21). The van der Waals surface area contributed by atoms with Crippen LogP contribution >= 0.6 is 7.29 Å². The topological polar surface area (TPSA) is 73.2 Å². The molecule has 0 saturated heterocycles. The molecule has 0 radical (unpaired) electrons. The van der Waals surface area contributed by atoms with Crippen molar-refractivity contribution in [1.82, 2.24) is 9.99 Å². The molecular formula is C14H25F3N3O2P. The number of halogens is 3. The highest BCUT2D eigenvalue weighted by Gasteiger charge is 2.38. The van der Waals surface area contributed by atoms with E-state index in [2.05, 4.69) is 0 Å². The van der Waals surface area contributed by atoms with E-state index in [-0.39, 0.29) is 43.8 Å². The van der Waals surface area contributed by atoms with E-state index in [1.54, 1.807) is 5.32 Å². The second-order valence-electron chi connectivity index (χ2n) is 5.88. The van der Waals surface area contributed by atoms with Gasteiger partial charge in [-0.15, -0.1) is 0 Å². The van der Waals surface area contributed by atoms with Gasteiger partial charge in [-0.2, -0.15) is 18.4 Å².